The van der Waals surface area contributed by atoms with Crippen LogP contribution in [-0.4, -0.2) is 40.4 Å². The number of carbonyl (C=O) groups is 1. The Morgan fingerprint density at radius 3 is 2.22 bits per heavy atom. The molecule has 0 aliphatic heterocycles. The number of benzene rings is 2. The Labute approximate surface area is 159 Å². The Morgan fingerprint density at radius 1 is 0.963 bits per heavy atom. The van der Waals surface area contributed by atoms with Gasteiger partial charge in [-0.25, -0.2) is 0 Å². The van der Waals surface area contributed by atoms with Crippen molar-refractivity contribution in [2.75, 3.05) is 45.1 Å². The lowest BCUT2D eigenvalue weighted by Crippen LogP contribution is -2.16. The second-order valence-corrected chi connectivity index (χ2v) is 5.57. The van der Waals surface area contributed by atoms with E-state index in [1.165, 1.54) is 21.3 Å². The van der Waals surface area contributed by atoms with Crippen molar-refractivity contribution in [3.8, 4) is 23.0 Å². The number of para-hydroxylation sites is 2. The molecule has 2 aromatic rings. The van der Waals surface area contributed by atoms with E-state index in [0.29, 0.717) is 36.1 Å². The first-order valence-electron chi connectivity index (χ1n) is 8.68. The Morgan fingerprint density at radius 2 is 1.63 bits per heavy atom. The first-order chi connectivity index (χ1) is 13.1. The molecule has 0 spiro atoms. The number of hydrogen-bond donors (Lipinski definition) is 2. The zero-order valence-corrected chi connectivity index (χ0v) is 16.1. The van der Waals surface area contributed by atoms with Crippen molar-refractivity contribution >= 4 is 17.3 Å². The predicted octanol–water partition coefficient (Wildman–Crippen LogP) is 3.55. The number of carbonyl (C=O) groups excluding carboxylic acids is 1. The molecule has 0 radical (unpaired) electrons. The van der Waals surface area contributed by atoms with Crippen molar-refractivity contribution in [3.05, 3.63) is 36.4 Å². The third kappa shape index (κ3) is 5.44. The Hall–Kier alpha value is -3.09. The molecule has 0 bridgehead atoms. The van der Waals surface area contributed by atoms with Crippen LogP contribution in [0.25, 0.3) is 0 Å². The summed E-state index contributed by atoms with van der Waals surface area (Å²) in [5.74, 6) is 2.08. The minimum Gasteiger partial charge on any atom is -0.493 e. The van der Waals surface area contributed by atoms with Crippen LogP contribution in [0.1, 0.15) is 13.3 Å². The zero-order chi connectivity index (χ0) is 19.6. The van der Waals surface area contributed by atoms with Crippen molar-refractivity contribution in [1.82, 2.24) is 0 Å². The lowest BCUT2D eigenvalue weighted by atomic mass is 10.2. The second-order valence-electron chi connectivity index (χ2n) is 5.57. The smallest absolute Gasteiger partial charge is 0.226 e. The maximum atomic E-state index is 12.3. The van der Waals surface area contributed by atoms with Crippen LogP contribution < -0.4 is 29.6 Å². The molecule has 2 rings (SSSR count). The number of amides is 1. The first-order valence-corrected chi connectivity index (χ1v) is 8.68. The SMILES string of the molecule is CCOc1ccccc1NCCC(=O)Nc1cc(OC)c(OC)c(OC)c1. The van der Waals surface area contributed by atoms with Crippen LogP contribution in [0.3, 0.4) is 0 Å². The molecule has 0 aromatic heterocycles. The van der Waals surface area contributed by atoms with Crippen LogP contribution in [0.4, 0.5) is 11.4 Å². The molecule has 2 aromatic carbocycles. The molecule has 7 heteroatoms. The highest BCUT2D eigenvalue weighted by atomic mass is 16.5. The van der Waals surface area contributed by atoms with Crippen LogP contribution in [0.2, 0.25) is 0 Å². The van der Waals surface area contributed by atoms with Gasteiger partial charge in [-0.3, -0.25) is 4.79 Å². The van der Waals surface area contributed by atoms with Gasteiger partial charge in [0.1, 0.15) is 5.75 Å². The van der Waals surface area contributed by atoms with Crippen molar-refractivity contribution in [3.63, 3.8) is 0 Å². The van der Waals surface area contributed by atoms with E-state index in [1.807, 2.05) is 31.2 Å². The lowest BCUT2D eigenvalue weighted by molar-refractivity contribution is -0.115. The number of anilines is 2. The summed E-state index contributed by atoms with van der Waals surface area (Å²) in [7, 11) is 4.59. The second kappa shape index (κ2) is 10.2. The molecule has 1 amide bonds. The molecule has 0 unspecified atom stereocenters. The molecule has 0 aliphatic rings. The maximum Gasteiger partial charge on any atom is 0.226 e. The van der Waals surface area contributed by atoms with E-state index in [9.17, 15) is 4.79 Å². The highest BCUT2D eigenvalue weighted by Gasteiger charge is 2.14. The van der Waals surface area contributed by atoms with Crippen molar-refractivity contribution < 1.29 is 23.7 Å². The van der Waals surface area contributed by atoms with Crippen LogP contribution in [0.15, 0.2) is 36.4 Å². The average Bonchev–Trinajstić information content (AvgIpc) is 2.68. The standard InChI is InChI=1S/C20H26N2O5/c1-5-27-16-9-7-6-8-15(16)21-11-10-19(23)22-14-12-17(24-2)20(26-4)18(13-14)25-3/h6-9,12-13,21H,5,10-11H2,1-4H3,(H,22,23). The number of rotatable bonds is 10. The zero-order valence-electron chi connectivity index (χ0n) is 16.1. The Bertz CT molecular complexity index is 739. The van der Waals surface area contributed by atoms with E-state index >= 15 is 0 Å². The summed E-state index contributed by atoms with van der Waals surface area (Å²) < 4.78 is 21.4. The van der Waals surface area contributed by atoms with Gasteiger partial charge in [-0.1, -0.05) is 12.1 Å². The molecule has 27 heavy (non-hydrogen) atoms. The van der Waals surface area contributed by atoms with E-state index in [2.05, 4.69) is 10.6 Å². The molecule has 0 aliphatic carbocycles. The fraction of sp³-hybridized carbons (Fsp3) is 0.350. The van der Waals surface area contributed by atoms with Gasteiger partial charge in [-0.2, -0.15) is 0 Å². The highest BCUT2D eigenvalue weighted by molar-refractivity contribution is 5.91. The number of methoxy groups -OCH3 is 3. The van der Waals surface area contributed by atoms with E-state index in [4.69, 9.17) is 18.9 Å². The fourth-order valence-electron chi connectivity index (χ4n) is 2.58. The molecule has 0 heterocycles. The molecule has 0 saturated carbocycles. The Balaban J connectivity index is 1.96. The molecule has 7 nitrogen and oxygen atoms in total. The van der Waals surface area contributed by atoms with Gasteiger partial charge in [0, 0.05) is 30.8 Å². The van der Waals surface area contributed by atoms with Gasteiger partial charge in [0.25, 0.3) is 0 Å². The third-order valence-corrected chi connectivity index (χ3v) is 3.80. The van der Waals surface area contributed by atoms with Crippen LogP contribution >= 0.6 is 0 Å². The molecular weight excluding hydrogens is 348 g/mol. The topological polar surface area (TPSA) is 78.1 Å². The van der Waals surface area contributed by atoms with Gasteiger partial charge in [0.05, 0.1) is 33.6 Å². The molecule has 0 saturated heterocycles. The summed E-state index contributed by atoms with van der Waals surface area (Å²) >= 11 is 0. The normalized spacial score (nSPS) is 10.1. The minimum atomic E-state index is -0.134. The summed E-state index contributed by atoms with van der Waals surface area (Å²) in [6.45, 7) is 2.99. The Kier molecular flexibility index (Phi) is 7.61. The summed E-state index contributed by atoms with van der Waals surface area (Å²) in [6.07, 6.45) is 0.289. The summed E-state index contributed by atoms with van der Waals surface area (Å²) in [5.41, 5.74) is 1.43. The van der Waals surface area contributed by atoms with Crippen LogP contribution in [0.5, 0.6) is 23.0 Å². The fourth-order valence-corrected chi connectivity index (χ4v) is 2.58. The summed E-state index contributed by atoms with van der Waals surface area (Å²) in [5, 5.41) is 6.07. The molecule has 0 fully saturated rings. The van der Waals surface area contributed by atoms with Crippen LogP contribution in [-0.2, 0) is 4.79 Å². The summed E-state index contributed by atoms with van der Waals surface area (Å²) in [6, 6.07) is 11.0. The van der Waals surface area contributed by atoms with E-state index in [-0.39, 0.29) is 12.3 Å². The van der Waals surface area contributed by atoms with E-state index in [1.54, 1.807) is 12.1 Å². The van der Waals surface area contributed by atoms with Gasteiger partial charge in [0.2, 0.25) is 11.7 Å². The minimum absolute atomic E-state index is 0.134. The maximum absolute atomic E-state index is 12.3. The monoisotopic (exact) mass is 374 g/mol. The number of hydrogen-bond acceptors (Lipinski definition) is 6. The largest absolute Gasteiger partial charge is 0.493 e. The van der Waals surface area contributed by atoms with Gasteiger partial charge < -0.3 is 29.6 Å². The van der Waals surface area contributed by atoms with Crippen molar-refractivity contribution in [2.24, 2.45) is 0 Å². The lowest BCUT2D eigenvalue weighted by Gasteiger charge is -2.15. The van der Waals surface area contributed by atoms with Gasteiger partial charge in [-0.15, -0.1) is 0 Å². The predicted molar refractivity (Wildman–Crippen MR) is 105 cm³/mol. The number of nitrogens with one attached hydrogen (secondary N) is 2. The van der Waals surface area contributed by atoms with E-state index in [0.717, 1.165) is 11.4 Å². The quantitative estimate of drug-likeness (QED) is 0.662. The third-order valence-electron chi connectivity index (χ3n) is 3.80. The first kappa shape index (κ1) is 20.2. The van der Waals surface area contributed by atoms with E-state index < -0.39 is 0 Å². The van der Waals surface area contributed by atoms with Gasteiger partial charge >= 0.3 is 0 Å². The van der Waals surface area contributed by atoms with Gasteiger partial charge in [0.15, 0.2) is 11.5 Å². The number of ether oxygens (including phenoxy) is 4. The van der Waals surface area contributed by atoms with Crippen molar-refractivity contribution in [2.45, 2.75) is 13.3 Å². The molecule has 2 N–H and O–H groups in total. The molecule has 146 valence electrons. The van der Waals surface area contributed by atoms with Crippen molar-refractivity contribution in [1.29, 1.82) is 0 Å². The highest BCUT2D eigenvalue weighted by Crippen LogP contribution is 2.39. The molecule has 0 atom stereocenters. The summed E-state index contributed by atoms with van der Waals surface area (Å²) in [4.78, 5) is 12.3. The average molecular weight is 374 g/mol. The van der Waals surface area contributed by atoms with Gasteiger partial charge in [-0.05, 0) is 19.1 Å². The molecular formula is C20H26N2O5. The van der Waals surface area contributed by atoms with Crippen LogP contribution in [0, 0.1) is 0 Å².